The summed E-state index contributed by atoms with van der Waals surface area (Å²) >= 11 is 0. The van der Waals surface area contributed by atoms with Crippen LogP contribution in [0.3, 0.4) is 0 Å². The van der Waals surface area contributed by atoms with Crippen LogP contribution >= 0.6 is 0 Å². The zero-order valence-corrected chi connectivity index (χ0v) is 18.2. The van der Waals surface area contributed by atoms with E-state index in [9.17, 15) is 0 Å². The molecule has 0 saturated heterocycles. The van der Waals surface area contributed by atoms with E-state index in [1.807, 2.05) is 56.9 Å². The number of ether oxygens (including phenoxy) is 1. The molecule has 0 unspecified atom stereocenters. The number of hydrogen-bond acceptors (Lipinski definition) is 6. The van der Waals surface area contributed by atoms with Gasteiger partial charge >= 0.3 is 0 Å². The van der Waals surface area contributed by atoms with E-state index < -0.39 is 0 Å². The summed E-state index contributed by atoms with van der Waals surface area (Å²) in [5.74, 6) is 2.87. The smallest absolute Gasteiger partial charge is 0.218 e. The summed E-state index contributed by atoms with van der Waals surface area (Å²) in [6.07, 6.45) is 14.1. The molecule has 0 amide bonds. The summed E-state index contributed by atoms with van der Waals surface area (Å²) < 4.78 is 7.60. The highest BCUT2D eigenvalue weighted by Gasteiger charge is 2.22. The van der Waals surface area contributed by atoms with E-state index in [0.29, 0.717) is 24.2 Å². The van der Waals surface area contributed by atoms with E-state index in [-0.39, 0.29) is 0 Å². The summed E-state index contributed by atoms with van der Waals surface area (Å²) in [7, 11) is 1.94. The van der Waals surface area contributed by atoms with E-state index >= 15 is 0 Å². The summed E-state index contributed by atoms with van der Waals surface area (Å²) in [4.78, 5) is 12.6. The van der Waals surface area contributed by atoms with Crippen LogP contribution in [0, 0.1) is 39.5 Å². The lowest BCUT2D eigenvalue weighted by molar-refractivity contribution is 0.287. The van der Waals surface area contributed by atoms with Crippen LogP contribution in [0.15, 0.2) is 36.7 Å². The zero-order chi connectivity index (χ0) is 21.9. The van der Waals surface area contributed by atoms with Gasteiger partial charge in [0.05, 0.1) is 24.5 Å². The number of rotatable bonds is 6. The molecule has 4 rings (SSSR count). The minimum atomic E-state index is 0.651. The van der Waals surface area contributed by atoms with Crippen molar-refractivity contribution in [2.24, 2.45) is 13.0 Å². The molecule has 0 spiro atoms. The molecule has 0 radical (unpaired) electrons. The average Bonchev–Trinajstić information content (AvgIpc) is 3.50. The number of terminal acetylenes is 1. The van der Waals surface area contributed by atoms with Gasteiger partial charge in [0.2, 0.25) is 5.88 Å². The van der Waals surface area contributed by atoms with Crippen molar-refractivity contribution in [2.75, 3.05) is 11.9 Å². The van der Waals surface area contributed by atoms with Gasteiger partial charge in [-0.25, -0.2) is 4.98 Å². The predicted octanol–water partition coefficient (Wildman–Crippen LogP) is 3.87. The van der Waals surface area contributed by atoms with Crippen molar-refractivity contribution in [3.05, 3.63) is 59.4 Å². The highest BCUT2D eigenvalue weighted by Crippen LogP contribution is 2.29. The zero-order valence-electron chi connectivity index (χ0n) is 18.2. The number of nitrogens with one attached hydrogen (secondary N) is 1. The minimum Gasteiger partial charge on any atom is -0.477 e. The molecule has 7 heteroatoms. The van der Waals surface area contributed by atoms with Crippen molar-refractivity contribution in [3.63, 3.8) is 0 Å². The Bertz CT molecular complexity index is 931. The fraction of sp³-hybridized carbons (Fsp3) is 0.391. The van der Waals surface area contributed by atoms with Gasteiger partial charge in [0.1, 0.15) is 11.6 Å². The fourth-order valence-corrected chi connectivity index (χ4v) is 2.65. The molecular weight excluding hydrogens is 376 g/mol. The Hall–Kier alpha value is -3.40. The summed E-state index contributed by atoms with van der Waals surface area (Å²) in [6.45, 7) is 7.32. The predicted molar refractivity (Wildman–Crippen MR) is 119 cm³/mol. The molecule has 1 aliphatic rings. The van der Waals surface area contributed by atoms with Gasteiger partial charge in [-0.05, 0) is 57.2 Å². The number of pyridine rings is 1. The van der Waals surface area contributed by atoms with Crippen LogP contribution in [-0.2, 0) is 13.6 Å². The van der Waals surface area contributed by atoms with Crippen LogP contribution < -0.4 is 10.1 Å². The first-order chi connectivity index (χ1) is 14.5. The normalized spacial score (nSPS) is 12.1. The Balaban J connectivity index is 0.000000299. The van der Waals surface area contributed by atoms with Crippen LogP contribution in [0.2, 0.25) is 0 Å². The van der Waals surface area contributed by atoms with Crippen molar-refractivity contribution in [3.8, 4) is 18.7 Å². The molecule has 30 heavy (non-hydrogen) atoms. The lowest BCUT2D eigenvalue weighted by Gasteiger charge is -2.09. The first-order valence-electron chi connectivity index (χ1n) is 9.91. The van der Waals surface area contributed by atoms with Gasteiger partial charge in [0.25, 0.3) is 0 Å². The Kier molecular flexibility index (Phi) is 8.82. The third kappa shape index (κ3) is 7.92. The van der Waals surface area contributed by atoms with Crippen molar-refractivity contribution in [2.45, 2.75) is 40.2 Å². The number of aryl methyl sites for hydroxylation is 4. The van der Waals surface area contributed by atoms with E-state index in [1.165, 1.54) is 18.4 Å². The Morgan fingerprint density at radius 1 is 1.17 bits per heavy atom. The number of anilines is 1. The molecule has 1 fully saturated rings. The lowest BCUT2D eigenvalue weighted by atomic mass is 10.3. The minimum absolute atomic E-state index is 0.651. The van der Waals surface area contributed by atoms with Gasteiger partial charge < -0.3 is 10.1 Å². The van der Waals surface area contributed by atoms with Gasteiger partial charge in [-0.2, -0.15) is 10.1 Å². The molecule has 1 aliphatic carbocycles. The van der Waals surface area contributed by atoms with Crippen LogP contribution in [0.25, 0.3) is 0 Å². The number of nitrogens with zero attached hydrogens (tertiary/aromatic N) is 5. The molecular formula is C23H30N6O. The van der Waals surface area contributed by atoms with E-state index in [2.05, 4.69) is 44.3 Å². The maximum Gasteiger partial charge on any atom is 0.218 e. The highest BCUT2D eigenvalue weighted by molar-refractivity contribution is 5.39. The molecule has 7 nitrogen and oxygen atoms in total. The van der Waals surface area contributed by atoms with Gasteiger partial charge in [-0.15, -0.1) is 12.8 Å². The second-order valence-corrected chi connectivity index (χ2v) is 7.18. The first-order valence-corrected chi connectivity index (χ1v) is 9.91. The standard InChI is InChI=1S/C15H21N5O.C6H7N.C2H2/c1-10-6-13(20(3)19-10)8-16-14-7-15(18-11(2)17-14)21-9-12-4-5-12;1-6-3-2-4-7-5-6;1-2/h6-7,12H,4-5,8-9H2,1-3H3,(H,16,17,18);2-5H,1H3;1-2H. The van der Waals surface area contributed by atoms with Gasteiger partial charge in [0, 0.05) is 25.5 Å². The van der Waals surface area contributed by atoms with Gasteiger partial charge in [0.15, 0.2) is 0 Å². The molecule has 1 N–H and O–H groups in total. The number of hydrogen-bond donors (Lipinski definition) is 1. The van der Waals surface area contributed by atoms with E-state index in [4.69, 9.17) is 4.74 Å². The Morgan fingerprint density at radius 2 is 1.93 bits per heavy atom. The van der Waals surface area contributed by atoms with Gasteiger partial charge in [-0.1, -0.05) is 6.07 Å². The van der Waals surface area contributed by atoms with Crippen molar-refractivity contribution in [1.82, 2.24) is 24.7 Å². The molecule has 3 aromatic rings. The van der Waals surface area contributed by atoms with Crippen LogP contribution in [0.5, 0.6) is 5.88 Å². The first kappa shape index (κ1) is 22.9. The molecule has 0 atom stereocenters. The van der Waals surface area contributed by atoms with Crippen molar-refractivity contribution >= 4 is 5.82 Å². The molecule has 3 heterocycles. The third-order valence-electron chi connectivity index (χ3n) is 4.34. The largest absolute Gasteiger partial charge is 0.477 e. The monoisotopic (exact) mass is 406 g/mol. The maximum absolute atomic E-state index is 5.72. The SMILES string of the molecule is C#C.Cc1cc(CNc2cc(OCC3CC3)nc(C)n2)n(C)n1.Cc1cccnc1. The lowest BCUT2D eigenvalue weighted by Crippen LogP contribution is -2.08. The Labute approximate surface area is 178 Å². The summed E-state index contributed by atoms with van der Waals surface area (Å²) in [6, 6.07) is 7.87. The van der Waals surface area contributed by atoms with E-state index in [0.717, 1.165) is 23.8 Å². The second-order valence-electron chi connectivity index (χ2n) is 7.18. The molecule has 0 aromatic carbocycles. The molecule has 158 valence electrons. The molecule has 1 saturated carbocycles. The summed E-state index contributed by atoms with van der Waals surface area (Å²) in [5.41, 5.74) is 3.34. The molecule has 0 bridgehead atoms. The van der Waals surface area contributed by atoms with Crippen molar-refractivity contribution in [1.29, 1.82) is 0 Å². The third-order valence-corrected chi connectivity index (χ3v) is 4.34. The van der Waals surface area contributed by atoms with E-state index in [1.54, 1.807) is 6.20 Å². The Morgan fingerprint density at radius 3 is 2.47 bits per heavy atom. The fourth-order valence-electron chi connectivity index (χ4n) is 2.65. The topological polar surface area (TPSA) is 77.8 Å². The van der Waals surface area contributed by atoms with Crippen molar-refractivity contribution < 1.29 is 4.74 Å². The molecule has 0 aliphatic heterocycles. The van der Waals surface area contributed by atoms with Crippen LogP contribution in [0.4, 0.5) is 5.82 Å². The molecule has 3 aromatic heterocycles. The second kappa shape index (κ2) is 11.6. The van der Waals surface area contributed by atoms with Gasteiger partial charge in [-0.3, -0.25) is 9.67 Å². The van der Waals surface area contributed by atoms with Crippen LogP contribution in [0.1, 0.15) is 35.6 Å². The average molecular weight is 407 g/mol. The maximum atomic E-state index is 5.72. The highest BCUT2D eigenvalue weighted by atomic mass is 16.5. The number of aromatic nitrogens is 5. The quantitative estimate of drug-likeness (QED) is 0.626. The van der Waals surface area contributed by atoms with Crippen LogP contribution in [-0.4, -0.2) is 31.3 Å². The summed E-state index contributed by atoms with van der Waals surface area (Å²) in [5, 5.41) is 7.64.